The van der Waals surface area contributed by atoms with Crippen molar-refractivity contribution in [1.29, 1.82) is 5.26 Å². The van der Waals surface area contributed by atoms with Gasteiger partial charge in [0.05, 0.1) is 24.4 Å². The number of amides is 2. The van der Waals surface area contributed by atoms with Crippen molar-refractivity contribution in [3.63, 3.8) is 0 Å². The second-order valence-electron chi connectivity index (χ2n) is 5.68. The lowest BCUT2D eigenvalue weighted by molar-refractivity contribution is -0.117. The summed E-state index contributed by atoms with van der Waals surface area (Å²) < 4.78 is 5.38. The molecule has 0 spiro atoms. The van der Waals surface area contributed by atoms with Crippen LogP contribution in [-0.2, 0) is 4.79 Å². The number of nitrogens with zero attached hydrogens (tertiary/aromatic N) is 2. The van der Waals surface area contributed by atoms with E-state index >= 15 is 0 Å². The highest BCUT2D eigenvalue weighted by atomic mass is 16.5. The van der Waals surface area contributed by atoms with Crippen molar-refractivity contribution in [2.24, 2.45) is 0 Å². The van der Waals surface area contributed by atoms with Crippen LogP contribution < -0.4 is 15.0 Å². The highest BCUT2D eigenvalue weighted by Crippen LogP contribution is 2.33. The van der Waals surface area contributed by atoms with Crippen LogP contribution in [0.2, 0.25) is 0 Å². The van der Waals surface area contributed by atoms with Crippen LogP contribution in [0.3, 0.4) is 0 Å². The minimum absolute atomic E-state index is 0.0765. The molecule has 0 atom stereocenters. The van der Waals surface area contributed by atoms with Crippen LogP contribution in [0.1, 0.15) is 28.8 Å². The molecule has 6 nitrogen and oxygen atoms in total. The Kier molecular flexibility index (Phi) is 4.66. The molecule has 1 aliphatic rings. The SMILES string of the molecule is COc1cc(NC(=O)c2ccc(C#N)cc2)ccc1N1CCCC1=O. The van der Waals surface area contributed by atoms with Gasteiger partial charge in [-0.25, -0.2) is 0 Å². The summed E-state index contributed by atoms with van der Waals surface area (Å²) in [6.45, 7) is 0.673. The van der Waals surface area contributed by atoms with E-state index in [2.05, 4.69) is 5.32 Å². The number of methoxy groups -OCH3 is 1. The number of carbonyl (C=O) groups excluding carboxylic acids is 2. The maximum absolute atomic E-state index is 12.3. The molecule has 2 aromatic rings. The van der Waals surface area contributed by atoms with Gasteiger partial charge in [-0.05, 0) is 42.8 Å². The van der Waals surface area contributed by atoms with Crippen LogP contribution >= 0.6 is 0 Å². The largest absolute Gasteiger partial charge is 0.494 e. The third kappa shape index (κ3) is 3.45. The predicted molar refractivity (Wildman–Crippen MR) is 93.7 cm³/mol. The number of hydrogen-bond donors (Lipinski definition) is 1. The first-order chi connectivity index (χ1) is 12.1. The molecule has 0 unspecified atom stereocenters. The quantitative estimate of drug-likeness (QED) is 0.931. The van der Waals surface area contributed by atoms with E-state index in [0.29, 0.717) is 41.2 Å². The summed E-state index contributed by atoms with van der Waals surface area (Å²) in [5, 5.41) is 11.6. The van der Waals surface area contributed by atoms with E-state index in [-0.39, 0.29) is 11.8 Å². The van der Waals surface area contributed by atoms with E-state index in [1.165, 1.54) is 7.11 Å². The molecular weight excluding hydrogens is 318 g/mol. The van der Waals surface area contributed by atoms with Crippen molar-refractivity contribution in [3.8, 4) is 11.8 Å². The Hall–Kier alpha value is -3.33. The Bertz CT molecular complexity index is 853. The van der Waals surface area contributed by atoms with Gasteiger partial charge in [0.2, 0.25) is 5.91 Å². The molecule has 0 aromatic heterocycles. The smallest absolute Gasteiger partial charge is 0.255 e. The Morgan fingerprint density at radius 1 is 1.24 bits per heavy atom. The summed E-state index contributed by atoms with van der Waals surface area (Å²) in [5.41, 5.74) is 2.23. The van der Waals surface area contributed by atoms with Crippen molar-refractivity contribution in [2.45, 2.75) is 12.8 Å². The Morgan fingerprint density at radius 2 is 2.00 bits per heavy atom. The average Bonchev–Trinajstić information content (AvgIpc) is 3.07. The zero-order valence-electron chi connectivity index (χ0n) is 13.8. The number of carbonyl (C=O) groups is 2. The van der Waals surface area contributed by atoms with Crippen LogP contribution in [0.25, 0.3) is 0 Å². The van der Waals surface area contributed by atoms with Gasteiger partial charge in [0, 0.05) is 30.3 Å². The summed E-state index contributed by atoms with van der Waals surface area (Å²) in [4.78, 5) is 25.9. The molecule has 0 radical (unpaired) electrons. The molecule has 3 rings (SSSR count). The minimum atomic E-state index is -0.281. The van der Waals surface area contributed by atoms with Crippen LogP contribution in [0.4, 0.5) is 11.4 Å². The molecule has 126 valence electrons. The molecule has 2 aromatic carbocycles. The number of hydrogen-bond acceptors (Lipinski definition) is 4. The average molecular weight is 335 g/mol. The molecular formula is C19H17N3O3. The summed E-state index contributed by atoms with van der Waals surface area (Å²) in [7, 11) is 1.53. The molecule has 1 heterocycles. The lowest BCUT2D eigenvalue weighted by atomic mass is 10.1. The molecule has 6 heteroatoms. The van der Waals surface area contributed by atoms with Crippen molar-refractivity contribution in [3.05, 3.63) is 53.6 Å². The predicted octanol–water partition coefficient (Wildman–Crippen LogP) is 2.95. The highest BCUT2D eigenvalue weighted by molar-refractivity contribution is 6.05. The molecule has 1 aliphatic heterocycles. The zero-order valence-corrected chi connectivity index (χ0v) is 13.8. The van der Waals surface area contributed by atoms with E-state index in [0.717, 1.165) is 6.42 Å². The number of nitrogens with one attached hydrogen (secondary N) is 1. The first kappa shape index (κ1) is 16.5. The Morgan fingerprint density at radius 3 is 2.60 bits per heavy atom. The van der Waals surface area contributed by atoms with Gasteiger partial charge in [-0.3, -0.25) is 9.59 Å². The van der Waals surface area contributed by atoms with Crippen molar-refractivity contribution >= 4 is 23.2 Å². The van der Waals surface area contributed by atoms with E-state index < -0.39 is 0 Å². The number of anilines is 2. The number of ether oxygens (including phenoxy) is 1. The van der Waals surface area contributed by atoms with Gasteiger partial charge in [-0.1, -0.05) is 0 Å². The lowest BCUT2D eigenvalue weighted by Gasteiger charge is -2.19. The molecule has 0 aliphatic carbocycles. The lowest BCUT2D eigenvalue weighted by Crippen LogP contribution is -2.24. The summed E-state index contributed by atoms with van der Waals surface area (Å²) >= 11 is 0. The van der Waals surface area contributed by atoms with E-state index in [1.54, 1.807) is 47.4 Å². The fourth-order valence-corrected chi connectivity index (χ4v) is 2.78. The van der Waals surface area contributed by atoms with Crippen LogP contribution in [-0.4, -0.2) is 25.5 Å². The summed E-state index contributed by atoms with van der Waals surface area (Å²) in [6, 6.07) is 13.6. The van der Waals surface area contributed by atoms with Crippen molar-refractivity contribution in [2.75, 3.05) is 23.9 Å². The second-order valence-corrected chi connectivity index (χ2v) is 5.68. The topological polar surface area (TPSA) is 82.4 Å². The minimum Gasteiger partial charge on any atom is -0.494 e. The van der Waals surface area contributed by atoms with E-state index in [4.69, 9.17) is 10.00 Å². The van der Waals surface area contributed by atoms with Gasteiger partial charge in [0.1, 0.15) is 5.75 Å². The van der Waals surface area contributed by atoms with E-state index in [1.807, 2.05) is 6.07 Å². The summed E-state index contributed by atoms with van der Waals surface area (Å²) in [5.74, 6) is 0.331. The van der Waals surface area contributed by atoms with Gasteiger partial charge in [0.15, 0.2) is 0 Å². The van der Waals surface area contributed by atoms with Crippen LogP contribution in [0.15, 0.2) is 42.5 Å². The van der Waals surface area contributed by atoms with E-state index in [9.17, 15) is 9.59 Å². The third-order valence-electron chi connectivity index (χ3n) is 4.08. The van der Waals surface area contributed by atoms with Crippen LogP contribution in [0, 0.1) is 11.3 Å². The second kappa shape index (κ2) is 7.05. The van der Waals surface area contributed by atoms with Crippen molar-refractivity contribution in [1.82, 2.24) is 0 Å². The number of rotatable bonds is 4. The highest BCUT2D eigenvalue weighted by Gasteiger charge is 2.24. The standard InChI is InChI=1S/C19H17N3O3/c1-25-17-11-15(8-9-16(17)22-10-2-3-18(22)23)21-19(24)14-6-4-13(12-20)5-7-14/h4-9,11H,2-3,10H2,1H3,(H,21,24). The van der Waals surface area contributed by atoms with Gasteiger partial charge in [-0.15, -0.1) is 0 Å². The maximum atomic E-state index is 12.3. The van der Waals surface area contributed by atoms with Gasteiger partial charge >= 0.3 is 0 Å². The molecule has 0 bridgehead atoms. The van der Waals surface area contributed by atoms with Crippen molar-refractivity contribution < 1.29 is 14.3 Å². The fraction of sp³-hybridized carbons (Fsp3) is 0.211. The molecule has 1 N–H and O–H groups in total. The molecule has 1 saturated heterocycles. The molecule has 1 fully saturated rings. The third-order valence-corrected chi connectivity index (χ3v) is 4.08. The Labute approximate surface area is 145 Å². The molecule has 2 amide bonds. The normalized spacial score (nSPS) is 13.4. The van der Waals surface area contributed by atoms with Gasteiger partial charge < -0.3 is 15.0 Å². The number of nitriles is 1. The molecule has 0 saturated carbocycles. The van der Waals surface area contributed by atoms with Gasteiger partial charge in [0.25, 0.3) is 5.91 Å². The fourth-order valence-electron chi connectivity index (χ4n) is 2.78. The monoisotopic (exact) mass is 335 g/mol. The maximum Gasteiger partial charge on any atom is 0.255 e. The first-order valence-corrected chi connectivity index (χ1v) is 7.92. The zero-order chi connectivity index (χ0) is 17.8. The Balaban J connectivity index is 1.79. The first-order valence-electron chi connectivity index (χ1n) is 7.92. The summed E-state index contributed by atoms with van der Waals surface area (Å²) in [6.07, 6.45) is 1.37. The van der Waals surface area contributed by atoms with Crippen LogP contribution in [0.5, 0.6) is 5.75 Å². The molecule has 25 heavy (non-hydrogen) atoms. The number of benzene rings is 2. The van der Waals surface area contributed by atoms with Gasteiger partial charge in [-0.2, -0.15) is 5.26 Å².